The Morgan fingerprint density at radius 1 is 1.04 bits per heavy atom. The molecule has 0 aliphatic carbocycles. The molecule has 0 saturated carbocycles. The lowest BCUT2D eigenvalue weighted by molar-refractivity contribution is -0.124. The first-order valence-corrected chi connectivity index (χ1v) is 9.27. The summed E-state index contributed by atoms with van der Waals surface area (Å²) in [7, 11) is 0. The first kappa shape index (κ1) is 20.6. The summed E-state index contributed by atoms with van der Waals surface area (Å²) in [5.41, 5.74) is 2.51. The molecule has 0 fully saturated rings. The summed E-state index contributed by atoms with van der Waals surface area (Å²) in [5, 5.41) is 5.71. The van der Waals surface area contributed by atoms with Gasteiger partial charge in [-0.1, -0.05) is 52.8 Å². The second-order valence-corrected chi connectivity index (χ2v) is 8.06. The van der Waals surface area contributed by atoms with Gasteiger partial charge in [-0.05, 0) is 41.2 Å². The average molecular weight is 367 g/mol. The molecule has 0 aliphatic rings. The number of carbonyl (C=O) groups is 2. The van der Waals surface area contributed by atoms with Crippen molar-refractivity contribution in [3.05, 3.63) is 65.5 Å². The van der Waals surface area contributed by atoms with Crippen molar-refractivity contribution in [1.29, 1.82) is 0 Å². The normalized spacial score (nSPS) is 12.5. The van der Waals surface area contributed by atoms with Crippen molar-refractivity contribution in [2.24, 2.45) is 5.92 Å². The van der Waals surface area contributed by atoms with Gasteiger partial charge in [-0.25, -0.2) is 0 Å². The standard InChI is InChI=1S/C22H29N3O2/c1-15(2)19(21(27)24-14-18-8-6-7-13-23-18)25-20(26)16-9-11-17(12-10-16)22(3,4)5/h6-13,15,19H,14H2,1-5H3,(H,24,27)(H,25,26)/t19-/m0/s1. The van der Waals surface area contributed by atoms with Gasteiger partial charge in [-0.15, -0.1) is 0 Å². The van der Waals surface area contributed by atoms with Crippen molar-refractivity contribution < 1.29 is 9.59 Å². The monoisotopic (exact) mass is 367 g/mol. The summed E-state index contributed by atoms with van der Waals surface area (Å²) in [6.45, 7) is 10.5. The van der Waals surface area contributed by atoms with Crippen LogP contribution in [0.2, 0.25) is 0 Å². The zero-order valence-corrected chi connectivity index (χ0v) is 16.7. The van der Waals surface area contributed by atoms with Crippen molar-refractivity contribution >= 4 is 11.8 Å². The van der Waals surface area contributed by atoms with E-state index in [9.17, 15) is 9.59 Å². The Morgan fingerprint density at radius 3 is 2.22 bits per heavy atom. The van der Waals surface area contributed by atoms with E-state index < -0.39 is 6.04 Å². The molecule has 2 aromatic rings. The maximum atomic E-state index is 12.6. The molecule has 2 N–H and O–H groups in total. The molecule has 5 heteroatoms. The lowest BCUT2D eigenvalue weighted by Gasteiger charge is -2.22. The Labute approximate surface area is 161 Å². The van der Waals surface area contributed by atoms with Crippen LogP contribution in [-0.4, -0.2) is 22.8 Å². The Hall–Kier alpha value is -2.69. The average Bonchev–Trinajstić information content (AvgIpc) is 2.64. The van der Waals surface area contributed by atoms with E-state index in [-0.39, 0.29) is 23.1 Å². The number of hydrogen-bond donors (Lipinski definition) is 2. The fourth-order valence-electron chi connectivity index (χ4n) is 2.67. The van der Waals surface area contributed by atoms with E-state index in [1.165, 1.54) is 0 Å². The maximum absolute atomic E-state index is 12.6. The molecule has 144 valence electrons. The Balaban J connectivity index is 2.02. The Morgan fingerprint density at radius 2 is 1.70 bits per heavy atom. The number of benzene rings is 1. The zero-order valence-electron chi connectivity index (χ0n) is 16.7. The quantitative estimate of drug-likeness (QED) is 0.821. The van der Waals surface area contributed by atoms with E-state index in [0.717, 1.165) is 11.3 Å². The molecule has 1 atom stereocenters. The fraction of sp³-hybridized carbons (Fsp3) is 0.409. The molecule has 0 aliphatic heterocycles. The Bertz CT molecular complexity index is 762. The molecule has 2 rings (SSSR count). The second kappa shape index (κ2) is 8.80. The van der Waals surface area contributed by atoms with Gasteiger partial charge in [0.15, 0.2) is 0 Å². The number of rotatable bonds is 6. The first-order valence-electron chi connectivity index (χ1n) is 9.27. The molecule has 0 saturated heterocycles. The predicted octanol–water partition coefficient (Wildman–Crippen LogP) is 3.45. The molecule has 0 unspecified atom stereocenters. The van der Waals surface area contributed by atoms with E-state index in [0.29, 0.717) is 12.1 Å². The third kappa shape index (κ3) is 5.91. The molecule has 27 heavy (non-hydrogen) atoms. The van der Waals surface area contributed by atoms with Gasteiger partial charge in [-0.2, -0.15) is 0 Å². The van der Waals surface area contributed by atoms with Crippen molar-refractivity contribution in [3.63, 3.8) is 0 Å². The van der Waals surface area contributed by atoms with Gasteiger partial charge in [0.2, 0.25) is 5.91 Å². The van der Waals surface area contributed by atoms with Crippen molar-refractivity contribution in [2.75, 3.05) is 0 Å². The van der Waals surface area contributed by atoms with Crippen LogP contribution in [0.4, 0.5) is 0 Å². The summed E-state index contributed by atoms with van der Waals surface area (Å²) < 4.78 is 0. The minimum atomic E-state index is -0.608. The minimum absolute atomic E-state index is 0.0286. The maximum Gasteiger partial charge on any atom is 0.251 e. The van der Waals surface area contributed by atoms with Crippen LogP contribution in [0.15, 0.2) is 48.7 Å². The number of nitrogens with one attached hydrogen (secondary N) is 2. The van der Waals surface area contributed by atoms with Crippen LogP contribution >= 0.6 is 0 Å². The summed E-state index contributed by atoms with van der Waals surface area (Å²) in [4.78, 5) is 29.3. The lowest BCUT2D eigenvalue weighted by atomic mass is 9.86. The number of aromatic nitrogens is 1. The number of hydrogen-bond acceptors (Lipinski definition) is 3. The third-order valence-corrected chi connectivity index (χ3v) is 4.42. The summed E-state index contributed by atoms with van der Waals surface area (Å²) in [5.74, 6) is -0.496. The Kier molecular flexibility index (Phi) is 6.72. The smallest absolute Gasteiger partial charge is 0.251 e. The van der Waals surface area contributed by atoms with Crippen LogP contribution in [0.3, 0.4) is 0 Å². The van der Waals surface area contributed by atoms with Gasteiger partial charge in [-0.3, -0.25) is 14.6 Å². The van der Waals surface area contributed by atoms with Gasteiger partial charge in [0.1, 0.15) is 6.04 Å². The van der Waals surface area contributed by atoms with Gasteiger partial charge >= 0.3 is 0 Å². The minimum Gasteiger partial charge on any atom is -0.349 e. The molecule has 1 aromatic carbocycles. The fourth-order valence-corrected chi connectivity index (χ4v) is 2.67. The van der Waals surface area contributed by atoms with Crippen LogP contribution < -0.4 is 10.6 Å². The van der Waals surface area contributed by atoms with Gasteiger partial charge in [0, 0.05) is 11.8 Å². The van der Waals surface area contributed by atoms with Gasteiger partial charge in [0.05, 0.1) is 12.2 Å². The molecule has 0 spiro atoms. The van der Waals surface area contributed by atoms with Crippen LogP contribution in [0, 0.1) is 5.92 Å². The molecular weight excluding hydrogens is 338 g/mol. The van der Waals surface area contributed by atoms with E-state index in [2.05, 4.69) is 36.4 Å². The van der Waals surface area contributed by atoms with Crippen LogP contribution in [0.1, 0.15) is 56.2 Å². The topological polar surface area (TPSA) is 71.1 Å². The highest BCUT2D eigenvalue weighted by atomic mass is 16.2. The number of pyridine rings is 1. The molecule has 0 bridgehead atoms. The summed E-state index contributed by atoms with van der Waals surface area (Å²) >= 11 is 0. The highest BCUT2D eigenvalue weighted by Crippen LogP contribution is 2.22. The molecule has 0 radical (unpaired) electrons. The van der Waals surface area contributed by atoms with Gasteiger partial charge < -0.3 is 10.6 Å². The van der Waals surface area contributed by atoms with Crippen LogP contribution in [0.25, 0.3) is 0 Å². The molecule has 5 nitrogen and oxygen atoms in total. The summed E-state index contributed by atoms with van der Waals surface area (Å²) in [6.07, 6.45) is 1.68. The van der Waals surface area contributed by atoms with E-state index in [1.807, 2.05) is 44.2 Å². The lowest BCUT2D eigenvalue weighted by Crippen LogP contribution is -2.49. The predicted molar refractivity (Wildman–Crippen MR) is 107 cm³/mol. The van der Waals surface area contributed by atoms with E-state index in [1.54, 1.807) is 18.3 Å². The summed E-state index contributed by atoms with van der Waals surface area (Å²) in [6, 6.07) is 12.5. The largest absolute Gasteiger partial charge is 0.349 e. The number of nitrogens with zero attached hydrogens (tertiary/aromatic N) is 1. The number of amides is 2. The van der Waals surface area contributed by atoms with Crippen LogP contribution in [-0.2, 0) is 16.8 Å². The molecular formula is C22H29N3O2. The third-order valence-electron chi connectivity index (χ3n) is 4.42. The first-order chi connectivity index (χ1) is 12.7. The van der Waals surface area contributed by atoms with Gasteiger partial charge in [0.25, 0.3) is 5.91 Å². The molecule has 2 amide bonds. The zero-order chi connectivity index (χ0) is 20.0. The van der Waals surface area contributed by atoms with E-state index in [4.69, 9.17) is 0 Å². The highest BCUT2D eigenvalue weighted by Gasteiger charge is 2.24. The van der Waals surface area contributed by atoms with Crippen molar-refractivity contribution in [3.8, 4) is 0 Å². The van der Waals surface area contributed by atoms with Crippen molar-refractivity contribution in [1.82, 2.24) is 15.6 Å². The molecule has 1 heterocycles. The highest BCUT2D eigenvalue weighted by molar-refractivity contribution is 5.97. The second-order valence-electron chi connectivity index (χ2n) is 8.06. The van der Waals surface area contributed by atoms with Crippen molar-refractivity contribution in [2.45, 2.75) is 52.6 Å². The molecule has 1 aromatic heterocycles. The van der Waals surface area contributed by atoms with Crippen LogP contribution in [0.5, 0.6) is 0 Å². The number of carbonyl (C=O) groups excluding carboxylic acids is 2. The van der Waals surface area contributed by atoms with E-state index >= 15 is 0 Å². The SMILES string of the molecule is CC(C)[C@H](NC(=O)c1ccc(C(C)(C)C)cc1)C(=O)NCc1ccccn1.